The van der Waals surface area contributed by atoms with Crippen LogP contribution in [0.15, 0.2) is 35.2 Å². The lowest BCUT2D eigenvalue weighted by atomic mass is 10.1. The second kappa shape index (κ2) is 4.14. The van der Waals surface area contributed by atoms with Crippen LogP contribution in [0.4, 0.5) is 0 Å². The smallest absolute Gasteiger partial charge is 0.342 e. The van der Waals surface area contributed by atoms with Crippen molar-refractivity contribution < 1.29 is 9.90 Å². The first kappa shape index (κ1) is 9.86. The van der Waals surface area contributed by atoms with E-state index < -0.39 is 5.97 Å². The summed E-state index contributed by atoms with van der Waals surface area (Å²) in [6, 6.07) is 9.32. The maximum atomic E-state index is 10.6. The van der Waals surface area contributed by atoms with Crippen molar-refractivity contribution in [2.45, 2.75) is 6.92 Å². The van der Waals surface area contributed by atoms with Crippen LogP contribution in [0.25, 0.3) is 5.57 Å². The number of aliphatic carboxylic acids is 1. The van der Waals surface area contributed by atoms with E-state index in [9.17, 15) is 4.79 Å². The molecule has 68 valence electrons. The fourth-order valence-electron chi connectivity index (χ4n) is 0.985. The molecule has 0 aliphatic rings. The van der Waals surface area contributed by atoms with Crippen molar-refractivity contribution in [2.75, 3.05) is 0 Å². The maximum absolute atomic E-state index is 10.6. The first-order valence-electron chi connectivity index (χ1n) is 3.81. The number of thiol groups is 1. The molecule has 0 fully saturated rings. The summed E-state index contributed by atoms with van der Waals surface area (Å²) in [5.41, 5.74) is 1.56. The molecule has 0 saturated carbocycles. The van der Waals surface area contributed by atoms with Crippen molar-refractivity contribution in [3.05, 3.63) is 40.8 Å². The molecule has 2 nitrogen and oxygen atoms in total. The maximum Gasteiger partial charge on any atom is 0.342 e. The zero-order valence-corrected chi connectivity index (χ0v) is 8.08. The van der Waals surface area contributed by atoms with Crippen LogP contribution in [0.1, 0.15) is 12.5 Å². The summed E-state index contributed by atoms with van der Waals surface area (Å²) in [6.45, 7) is 1.74. The third-order valence-corrected chi connectivity index (χ3v) is 2.29. The summed E-state index contributed by atoms with van der Waals surface area (Å²) in [6.07, 6.45) is 0. The number of carboxylic acid groups (broad SMARTS) is 1. The molecule has 0 unspecified atom stereocenters. The van der Waals surface area contributed by atoms with Crippen molar-refractivity contribution in [2.24, 2.45) is 0 Å². The van der Waals surface area contributed by atoms with Crippen LogP contribution in [0, 0.1) is 0 Å². The van der Waals surface area contributed by atoms with Crippen LogP contribution in [-0.2, 0) is 4.79 Å². The van der Waals surface area contributed by atoms with Crippen molar-refractivity contribution in [3.8, 4) is 0 Å². The molecule has 0 radical (unpaired) electrons. The van der Waals surface area contributed by atoms with Crippen molar-refractivity contribution in [1.29, 1.82) is 0 Å². The Kier molecular flexibility index (Phi) is 3.14. The highest BCUT2D eigenvalue weighted by Gasteiger charge is 2.07. The lowest BCUT2D eigenvalue weighted by molar-refractivity contribution is -0.131. The summed E-state index contributed by atoms with van der Waals surface area (Å²) in [5, 5.41) is 8.68. The van der Waals surface area contributed by atoms with Gasteiger partial charge in [0.1, 0.15) is 0 Å². The third kappa shape index (κ3) is 2.36. The van der Waals surface area contributed by atoms with Crippen LogP contribution in [0.2, 0.25) is 0 Å². The van der Waals surface area contributed by atoms with Crippen LogP contribution in [-0.4, -0.2) is 11.1 Å². The Morgan fingerprint density at radius 1 is 1.31 bits per heavy atom. The molecule has 0 saturated heterocycles. The van der Waals surface area contributed by atoms with Crippen LogP contribution in [0.3, 0.4) is 0 Å². The molecule has 3 heteroatoms. The van der Waals surface area contributed by atoms with E-state index in [1.165, 1.54) is 0 Å². The summed E-state index contributed by atoms with van der Waals surface area (Å²) in [4.78, 5) is 10.7. The van der Waals surface area contributed by atoms with Gasteiger partial charge in [0.05, 0.1) is 4.91 Å². The third-order valence-electron chi connectivity index (χ3n) is 1.76. The summed E-state index contributed by atoms with van der Waals surface area (Å²) in [7, 11) is 0. The van der Waals surface area contributed by atoms with Crippen molar-refractivity contribution in [3.63, 3.8) is 0 Å². The molecule has 0 aliphatic heterocycles. The Bertz CT molecular complexity index is 341. The molecule has 0 aromatic heterocycles. The van der Waals surface area contributed by atoms with Gasteiger partial charge in [-0.2, -0.15) is 0 Å². The highest BCUT2D eigenvalue weighted by molar-refractivity contribution is 7.85. The summed E-state index contributed by atoms with van der Waals surface area (Å²) in [5.74, 6) is -0.996. The minimum Gasteiger partial charge on any atom is -0.477 e. The summed E-state index contributed by atoms with van der Waals surface area (Å²) >= 11 is 3.91. The van der Waals surface area contributed by atoms with E-state index in [0.717, 1.165) is 5.56 Å². The van der Waals surface area contributed by atoms with E-state index in [1.807, 2.05) is 30.3 Å². The lowest BCUT2D eigenvalue weighted by Crippen LogP contribution is -1.96. The molecular weight excluding hydrogens is 184 g/mol. The van der Waals surface area contributed by atoms with E-state index in [2.05, 4.69) is 12.6 Å². The molecule has 0 heterocycles. The van der Waals surface area contributed by atoms with E-state index in [-0.39, 0.29) is 4.91 Å². The Balaban J connectivity index is 3.11. The van der Waals surface area contributed by atoms with Gasteiger partial charge in [-0.05, 0) is 18.1 Å². The quantitative estimate of drug-likeness (QED) is 0.560. The lowest BCUT2D eigenvalue weighted by Gasteiger charge is -2.02. The molecule has 1 aromatic carbocycles. The molecule has 0 spiro atoms. The Hall–Kier alpha value is -1.22. The largest absolute Gasteiger partial charge is 0.477 e. The van der Waals surface area contributed by atoms with Gasteiger partial charge in [0.2, 0.25) is 0 Å². The molecule has 1 aromatic rings. The second-order valence-corrected chi connectivity index (χ2v) is 3.09. The van der Waals surface area contributed by atoms with Gasteiger partial charge in [-0.15, -0.1) is 12.6 Å². The second-order valence-electron chi connectivity index (χ2n) is 2.64. The highest BCUT2D eigenvalue weighted by atomic mass is 32.1. The van der Waals surface area contributed by atoms with Crippen molar-refractivity contribution in [1.82, 2.24) is 0 Å². The Morgan fingerprint density at radius 2 is 1.85 bits per heavy atom. The molecular formula is C10H10O2S. The zero-order chi connectivity index (χ0) is 9.84. The number of allylic oxidation sites excluding steroid dienone is 1. The van der Waals surface area contributed by atoms with E-state index in [1.54, 1.807) is 6.92 Å². The average molecular weight is 194 g/mol. The van der Waals surface area contributed by atoms with Crippen LogP contribution < -0.4 is 0 Å². The van der Waals surface area contributed by atoms with Crippen molar-refractivity contribution >= 4 is 24.2 Å². The number of hydrogen-bond donors (Lipinski definition) is 2. The molecule has 0 bridgehead atoms. The normalized spacial score (nSPS) is 12.2. The van der Waals surface area contributed by atoms with Gasteiger partial charge in [-0.3, -0.25) is 0 Å². The van der Waals surface area contributed by atoms with Gasteiger partial charge in [0.15, 0.2) is 0 Å². The molecule has 0 amide bonds. The number of benzene rings is 1. The first-order valence-corrected chi connectivity index (χ1v) is 4.26. The van der Waals surface area contributed by atoms with Gasteiger partial charge in [0, 0.05) is 0 Å². The SMILES string of the molecule is C/C(=C(\S)C(=O)O)c1ccccc1. The first-order chi connectivity index (χ1) is 6.13. The predicted octanol–water partition coefficient (Wildman–Crippen LogP) is 2.43. The fourth-order valence-corrected chi connectivity index (χ4v) is 1.11. The van der Waals surface area contributed by atoms with Gasteiger partial charge >= 0.3 is 5.97 Å². The predicted molar refractivity (Wildman–Crippen MR) is 55.7 cm³/mol. The Labute approximate surface area is 82.3 Å². The number of carbonyl (C=O) groups is 1. The standard InChI is InChI=1S/C10H10O2S/c1-7(9(13)10(11)12)8-5-3-2-4-6-8/h2-6,13H,1H3,(H,11,12)/b9-7+. The molecule has 13 heavy (non-hydrogen) atoms. The van der Waals surface area contributed by atoms with Gasteiger partial charge in [0.25, 0.3) is 0 Å². The molecule has 1 N–H and O–H groups in total. The number of carboxylic acids is 1. The molecule has 0 atom stereocenters. The fraction of sp³-hybridized carbons (Fsp3) is 0.100. The minimum absolute atomic E-state index is 0.0891. The minimum atomic E-state index is -0.996. The monoisotopic (exact) mass is 194 g/mol. The topological polar surface area (TPSA) is 37.3 Å². The van der Waals surface area contributed by atoms with Gasteiger partial charge < -0.3 is 5.11 Å². The van der Waals surface area contributed by atoms with E-state index in [0.29, 0.717) is 5.57 Å². The Morgan fingerprint density at radius 3 is 2.31 bits per heavy atom. The van der Waals surface area contributed by atoms with Gasteiger partial charge in [-0.1, -0.05) is 30.3 Å². The van der Waals surface area contributed by atoms with E-state index >= 15 is 0 Å². The van der Waals surface area contributed by atoms with Crippen LogP contribution in [0.5, 0.6) is 0 Å². The molecule has 1 rings (SSSR count). The molecule has 0 aliphatic carbocycles. The van der Waals surface area contributed by atoms with Gasteiger partial charge in [-0.25, -0.2) is 4.79 Å². The zero-order valence-electron chi connectivity index (χ0n) is 7.19. The number of hydrogen-bond acceptors (Lipinski definition) is 2. The van der Waals surface area contributed by atoms with E-state index in [4.69, 9.17) is 5.11 Å². The van der Waals surface area contributed by atoms with Crippen LogP contribution >= 0.6 is 12.6 Å². The summed E-state index contributed by atoms with van der Waals surface area (Å²) < 4.78 is 0. The number of rotatable bonds is 2. The highest BCUT2D eigenvalue weighted by Crippen LogP contribution is 2.19. The average Bonchev–Trinajstić information content (AvgIpc) is 2.17.